The summed E-state index contributed by atoms with van der Waals surface area (Å²) in [5, 5.41) is 0. The summed E-state index contributed by atoms with van der Waals surface area (Å²) in [6.07, 6.45) is 3.64. The quantitative estimate of drug-likeness (QED) is 0.641. The number of ether oxygens (including phenoxy) is 2. The molecule has 0 spiro atoms. The summed E-state index contributed by atoms with van der Waals surface area (Å²) >= 11 is 4.85. The first-order chi connectivity index (χ1) is 8.98. The maximum Gasteiger partial charge on any atom is 0.165 e. The second-order valence-corrected chi connectivity index (χ2v) is 6.08. The highest BCUT2D eigenvalue weighted by molar-refractivity contribution is 7.80. The van der Waals surface area contributed by atoms with Crippen molar-refractivity contribution >= 4 is 17.2 Å². The van der Waals surface area contributed by atoms with E-state index < -0.39 is 0 Å². The summed E-state index contributed by atoms with van der Waals surface area (Å²) in [4.78, 5) is 0.575. The zero-order valence-corrected chi connectivity index (χ0v) is 12.4. The van der Waals surface area contributed by atoms with E-state index in [0.717, 1.165) is 37.2 Å². The number of unbranched alkanes of at least 4 members (excludes halogenated alkanes) is 1. The van der Waals surface area contributed by atoms with Gasteiger partial charge in [-0.2, -0.15) is 0 Å². The largest absolute Gasteiger partial charge is 0.490 e. The number of thiocarbonyl (C=S) groups is 1. The van der Waals surface area contributed by atoms with Crippen molar-refractivity contribution in [1.29, 1.82) is 0 Å². The van der Waals surface area contributed by atoms with Crippen LogP contribution >= 0.6 is 12.2 Å². The Bertz CT molecular complexity index is 471. The molecule has 0 saturated heterocycles. The molecule has 1 aromatic carbocycles. The second-order valence-electron chi connectivity index (χ2n) is 5.55. The smallest absolute Gasteiger partial charge is 0.165 e. The number of nitrogens with two attached hydrogens (primary N) is 1. The Morgan fingerprint density at radius 3 is 2.95 bits per heavy atom. The minimum atomic E-state index is -0.131. The third-order valence-electron chi connectivity index (χ3n) is 3.13. The average Bonchev–Trinajstić information content (AvgIpc) is 2.63. The van der Waals surface area contributed by atoms with E-state index in [4.69, 9.17) is 27.4 Å². The lowest BCUT2D eigenvalue weighted by Gasteiger charge is -2.18. The molecule has 19 heavy (non-hydrogen) atoms. The molecule has 0 radical (unpaired) electrons. The molecule has 4 heteroatoms. The molecule has 2 rings (SSSR count). The van der Waals surface area contributed by atoms with Crippen molar-refractivity contribution in [2.45, 2.75) is 45.1 Å². The molecule has 1 aromatic rings. The first kappa shape index (κ1) is 14.1. The number of hydrogen-bond donors (Lipinski definition) is 1. The molecule has 1 aliphatic rings. The minimum absolute atomic E-state index is 0.131. The predicted molar refractivity (Wildman–Crippen MR) is 81.0 cm³/mol. The first-order valence-electron chi connectivity index (χ1n) is 6.70. The second kappa shape index (κ2) is 5.78. The number of fused-ring (bicyclic) bond motifs is 1. The zero-order valence-electron chi connectivity index (χ0n) is 11.6. The van der Waals surface area contributed by atoms with Gasteiger partial charge in [-0.25, -0.2) is 0 Å². The van der Waals surface area contributed by atoms with E-state index in [0.29, 0.717) is 11.6 Å². The van der Waals surface area contributed by atoms with Gasteiger partial charge in [-0.05, 0) is 39.2 Å². The Kier molecular flexibility index (Phi) is 4.30. The molecule has 2 N–H and O–H groups in total. The normalized spacial score (nSPS) is 15.7. The van der Waals surface area contributed by atoms with Crippen molar-refractivity contribution in [3.63, 3.8) is 0 Å². The van der Waals surface area contributed by atoms with E-state index >= 15 is 0 Å². The lowest BCUT2D eigenvalue weighted by molar-refractivity contribution is 0.132. The van der Waals surface area contributed by atoms with Crippen molar-refractivity contribution in [2.24, 2.45) is 5.73 Å². The zero-order chi connectivity index (χ0) is 13.9. The van der Waals surface area contributed by atoms with Crippen LogP contribution in [-0.2, 0) is 6.42 Å². The van der Waals surface area contributed by atoms with Gasteiger partial charge in [0.1, 0.15) is 5.60 Å². The third kappa shape index (κ3) is 3.83. The Hall–Kier alpha value is -1.29. The van der Waals surface area contributed by atoms with Gasteiger partial charge in [0.15, 0.2) is 11.5 Å². The van der Waals surface area contributed by atoms with E-state index in [1.807, 2.05) is 12.1 Å². The Morgan fingerprint density at radius 1 is 1.42 bits per heavy atom. The fourth-order valence-corrected chi connectivity index (χ4v) is 2.43. The molecule has 0 bridgehead atoms. The standard InChI is InChI=1S/C15H21NO2S/c1-15(2)10-11-6-5-7-12(14(11)18-15)17-9-4-3-8-13(16)19/h5-7H,3-4,8-10H2,1-2H3,(H2,16,19). The maximum atomic E-state index is 5.95. The molecule has 0 aliphatic carbocycles. The Morgan fingerprint density at radius 2 is 2.21 bits per heavy atom. The van der Waals surface area contributed by atoms with Crippen LogP contribution in [0.25, 0.3) is 0 Å². The van der Waals surface area contributed by atoms with Crippen LogP contribution in [0.3, 0.4) is 0 Å². The van der Waals surface area contributed by atoms with Crippen molar-refractivity contribution in [3.05, 3.63) is 23.8 Å². The highest BCUT2D eigenvalue weighted by atomic mass is 32.1. The van der Waals surface area contributed by atoms with Crippen LogP contribution in [0.15, 0.2) is 18.2 Å². The van der Waals surface area contributed by atoms with Crippen molar-refractivity contribution < 1.29 is 9.47 Å². The molecule has 3 nitrogen and oxygen atoms in total. The first-order valence-corrected chi connectivity index (χ1v) is 7.11. The van der Waals surface area contributed by atoms with Gasteiger partial charge in [0.05, 0.1) is 11.6 Å². The SMILES string of the molecule is CC1(C)Cc2cccc(OCCCCC(N)=S)c2O1. The van der Waals surface area contributed by atoms with Gasteiger partial charge in [0.25, 0.3) is 0 Å². The molecule has 0 atom stereocenters. The van der Waals surface area contributed by atoms with Gasteiger partial charge in [0.2, 0.25) is 0 Å². The van der Waals surface area contributed by atoms with Crippen molar-refractivity contribution in [3.8, 4) is 11.5 Å². The molecule has 0 saturated carbocycles. The summed E-state index contributed by atoms with van der Waals surface area (Å²) in [6, 6.07) is 6.09. The summed E-state index contributed by atoms with van der Waals surface area (Å²) in [6.45, 7) is 4.86. The number of benzene rings is 1. The van der Waals surface area contributed by atoms with Gasteiger partial charge in [-0.1, -0.05) is 24.4 Å². The monoisotopic (exact) mass is 279 g/mol. The van der Waals surface area contributed by atoms with Crippen molar-refractivity contribution in [1.82, 2.24) is 0 Å². The van der Waals surface area contributed by atoms with E-state index in [1.54, 1.807) is 0 Å². The predicted octanol–water partition coefficient (Wildman–Crippen LogP) is 3.24. The maximum absolute atomic E-state index is 5.95. The fourth-order valence-electron chi connectivity index (χ4n) is 2.28. The molecule has 1 heterocycles. The van der Waals surface area contributed by atoms with E-state index in [2.05, 4.69) is 19.9 Å². The summed E-state index contributed by atoms with van der Waals surface area (Å²) in [7, 11) is 0. The topological polar surface area (TPSA) is 44.5 Å². The van der Waals surface area contributed by atoms with Crippen LogP contribution in [-0.4, -0.2) is 17.2 Å². The van der Waals surface area contributed by atoms with Crippen LogP contribution in [0.1, 0.15) is 38.7 Å². The van der Waals surface area contributed by atoms with Crippen LogP contribution in [0, 0.1) is 0 Å². The highest BCUT2D eigenvalue weighted by Gasteiger charge is 2.32. The third-order valence-corrected chi connectivity index (χ3v) is 3.33. The highest BCUT2D eigenvalue weighted by Crippen LogP contribution is 2.41. The average molecular weight is 279 g/mol. The van der Waals surface area contributed by atoms with E-state index in [9.17, 15) is 0 Å². The Labute approximate surface area is 120 Å². The lowest BCUT2D eigenvalue weighted by atomic mass is 10.0. The lowest BCUT2D eigenvalue weighted by Crippen LogP contribution is -2.24. The minimum Gasteiger partial charge on any atom is -0.490 e. The number of para-hydroxylation sites is 1. The summed E-state index contributed by atoms with van der Waals surface area (Å²) < 4.78 is 11.8. The van der Waals surface area contributed by atoms with E-state index in [1.165, 1.54) is 5.56 Å². The van der Waals surface area contributed by atoms with Gasteiger partial charge in [-0.15, -0.1) is 0 Å². The van der Waals surface area contributed by atoms with Crippen LogP contribution in [0.2, 0.25) is 0 Å². The van der Waals surface area contributed by atoms with Gasteiger partial charge >= 0.3 is 0 Å². The molecule has 104 valence electrons. The Balaban J connectivity index is 1.89. The molecule has 0 amide bonds. The van der Waals surface area contributed by atoms with Crippen LogP contribution in [0.5, 0.6) is 11.5 Å². The molecular weight excluding hydrogens is 258 g/mol. The molecule has 0 aromatic heterocycles. The van der Waals surface area contributed by atoms with Crippen LogP contribution in [0.4, 0.5) is 0 Å². The molecule has 0 fully saturated rings. The number of hydrogen-bond acceptors (Lipinski definition) is 3. The number of rotatable bonds is 6. The molecule has 1 aliphatic heterocycles. The molecule has 0 unspecified atom stereocenters. The van der Waals surface area contributed by atoms with Gasteiger partial charge < -0.3 is 15.2 Å². The van der Waals surface area contributed by atoms with E-state index in [-0.39, 0.29) is 5.60 Å². The summed E-state index contributed by atoms with van der Waals surface area (Å²) in [5.41, 5.74) is 6.56. The fraction of sp³-hybridized carbons (Fsp3) is 0.533. The van der Waals surface area contributed by atoms with Crippen LogP contribution < -0.4 is 15.2 Å². The summed E-state index contributed by atoms with van der Waals surface area (Å²) in [5.74, 6) is 1.75. The van der Waals surface area contributed by atoms with Crippen molar-refractivity contribution in [2.75, 3.05) is 6.61 Å². The molecular formula is C15H21NO2S. The van der Waals surface area contributed by atoms with Gasteiger partial charge in [-0.3, -0.25) is 0 Å². The van der Waals surface area contributed by atoms with Gasteiger partial charge in [0, 0.05) is 12.0 Å².